The van der Waals surface area contributed by atoms with Gasteiger partial charge in [-0.1, -0.05) is 13.8 Å². The van der Waals surface area contributed by atoms with Gasteiger partial charge in [-0.3, -0.25) is 10.3 Å². The zero-order valence-corrected chi connectivity index (χ0v) is 9.21. The minimum absolute atomic E-state index is 0.974. The summed E-state index contributed by atoms with van der Waals surface area (Å²) in [6.45, 7) is 6.46. The van der Waals surface area contributed by atoms with Crippen LogP contribution in [0.3, 0.4) is 0 Å². The third-order valence-electron chi connectivity index (χ3n) is 1.39. The van der Waals surface area contributed by atoms with E-state index in [0.29, 0.717) is 0 Å². The third kappa shape index (κ3) is 8.33. The Morgan fingerprint density at radius 1 is 1.25 bits per heavy atom. The molecular weight excluding hydrogens is 170 g/mol. The van der Waals surface area contributed by atoms with Gasteiger partial charge in [-0.25, -0.2) is 5.43 Å². The Morgan fingerprint density at radius 2 is 2.00 bits per heavy atom. The smallest absolute Gasteiger partial charge is 0.0569 e. The van der Waals surface area contributed by atoms with Gasteiger partial charge in [0.1, 0.15) is 0 Å². The molecule has 0 aromatic heterocycles. The highest BCUT2D eigenvalue weighted by Crippen LogP contribution is 1.99. The van der Waals surface area contributed by atoms with Crippen LogP contribution in [0, 0.1) is 0 Å². The number of hydrogen-bond acceptors (Lipinski definition) is 4. The molecule has 12 heavy (non-hydrogen) atoms. The predicted molar refractivity (Wildman–Crippen MR) is 57.1 cm³/mol. The van der Waals surface area contributed by atoms with Crippen molar-refractivity contribution < 1.29 is 0 Å². The lowest BCUT2D eigenvalue weighted by Gasteiger charge is -2.14. The molecule has 0 saturated heterocycles. The maximum absolute atomic E-state index is 3.12. The summed E-state index contributed by atoms with van der Waals surface area (Å²) in [5.74, 6) is 2.08. The molecule has 0 unspecified atom stereocenters. The lowest BCUT2D eigenvalue weighted by molar-refractivity contribution is 0.392. The Labute approximate surface area is 80.2 Å². The largest absolute Gasteiger partial charge is 0.297 e. The van der Waals surface area contributed by atoms with Gasteiger partial charge in [0.25, 0.3) is 0 Å². The van der Waals surface area contributed by atoms with E-state index < -0.39 is 0 Å². The SMILES string of the molecule is CCCN(C)CSCNNCC. The Balaban J connectivity index is 2.97. The second-order valence-electron chi connectivity index (χ2n) is 2.76. The molecule has 4 heteroatoms. The summed E-state index contributed by atoms with van der Waals surface area (Å²) in [5, 5.41) is 0. The summed E-state index contributed by atoms with van der Waals surface area (Å²) in [5.41, 5.74) is 6.18. The van der Waals surface area contributed by atoms with Crippen LogP contribution in [0.1, 0.15) is 20.3 Å². The molecule has 0 atom stereocenters. The van der Waals surface area contributed by atoms with E-state index in [9.17, 15) is 0 Å². The second kappa shape index (κ2) is 9.32. The van der Waals surface area contributed by atoms with Crippen molar-refractivity contribution >= 4 is 11.8 Å². The zero-order valence-electron chi connectivity index (χ0n) is 8.39. The van der Waals surface area contributed by atoms with Crippen LogP contribution < -0.4 is 10.9 Å². The number of hydrazine groups is 1. The van der Waals surface area contributed by atoms with Crippen molar-refractivity contribution in [2.45, 2.75) is 20.3 Å². The molecule has 0 aromatic rings. The molecule has 0 bridgehead atoms. The molecule has 0 saturated carbocycles. The summed E-state index contributed by atoms with van der Waals surface area (Å²) in [6.07, 6.45) is 1.23. The molecule has 0 aliphatic heterocycles. The lowest BCUT2D eigenvalue weighted by atomic mass is 10.5. The van der Waals surface area contributed by atoms with E-state index in [1.165, 1.54) is 13.0 Å². The minimum atomic E-state index is 0.974. The second-order valence-corrected chi connectivity index (χ2v) is 3.72. The molecule has 2 N–H and O–H groups in total. The van der Waals surface area contributed by atoms with Gasteiger partial charge in [-0.05, 0) is 20.0 Å². The summed E-state index contributed by atoms with van der Waals surface area (Å²) in [6, 6.07) is 0. The van der Waals surface area contributed by atoms with Crippen molar-refractivity contribution in [3.8, 4) is 0 Å². The first-order valence-electron chi connectivity index (χ1n) is 4.53. The average molecular weight is 191 g/mol. The molecule has 0 fully saturated rings. The molecule has 3 nitrogen and oxygen atoms in total. The quantitative estimate of drug-likeness (QED) is 0.341. The Kier molecular flexibility index (Phi) is 9.50. The normalized spacial score (nSPS) is 11.0. The van der Waals surface area contributed by atoms with Crippen LogP contribution in [0.25, 0.3) is 0 Å². The van der Waals surface area contributed by atoms with Gasteiger partial charge in [0.2, 0.25) is 0 Å². The number of nitrogens with one attached hydrogen (secondary N) is 2. The van der Waals surface area contributed by atoms with Crippen molar-refractivity contribution in [3.63, 3.8) is 0 Å². The first-order valence-corrected chi connectivity index (χ1v) is 5.68. The van der Waals surface area contributed by atoms with Gasteiger partial charge in [-0.2, -0.15) is 0 Å². The van der Waals surface area contributed by atoms with Crippen molar-refractivity contribution in [1.82, 2.24) is 15.8 Å². The molecular formula is C8H21N3S. The van der Waals surface area contributed by atoms with Gasteiger partial charge in [-0.15, -0.1) is 11.8 Å². The summed E-state index contributed by atoms with van der Waals surface area (Å²) in [7, 11) is 2.16. The van der Waals surface area contributed by atoms with Crippen LogP contribution in [-0.4, -0.2) is 36.8 Å². The molecule has 0 rings (SSSR count). The molecule has 74 valence electrons. The van der Waals surface area contributed by atoms with Crippen LogP contribution in [-0.2, 0) is 0 Å². The van der Waals surface area contributed by atoms with Crippen LogP contribution in [0.5, 0.6) is 0 Å². The number of rotatable bonds is 8. The Morgan fingerprint density at radius 3 is 2.58 bits per heavy atom. The zero-order chi connectivity index (χ0) is 9.23. The average Bonchev–Trinajstić information content (AvgIpc) is 2.05. The Hall–Kier alpha value is 0.230. The van der Waals surface area contributed by atoms with Crippen molar-refractivity contribution in [3.05, 3.63) is 0 Å². The highest BCUT2D eigenvalue weighted by atomic mass is 32.2. The minimum Gasteiger partial charge on any atom is -0.297 e. The molecule has 0 spiro atoms. The highest BCUT2D eigenvalue weighted by molar-refractivity contribution is 7.99. The fourth-order valence-electron chi connectivity index (χ4n) is 0.875. The van der Waals surface area contributed by atoms with Gasteiger partial charge in [0, 0.05) is 12.4 Å². The van der Waals surface area contributed by atoms with Crippen molar-refractivity contribution in [1.29, 1.82) is 0 Å². The lowest BCUT2D eigenvalue weighted by Crippen LogP contribution is -2.31. The fourth-order valence-corrected chi connectivity index (χ4v) is 1.61. The molecule has 0 aromatic carbocycles. The maximum Gasteiger partial charge on any atom is 0.0569 e. The fraction of sp³-hybridized carbons (Fsp3) is 1.00. The van der Waals surface area contributed by atoms with E-state index in [0.717, 1.165) is 18.3 Å². The predicted octanol–water partition coefficient (Wildman–Crippen LogP) is 1.09. The third-order valence-corrected chi connectivity index (χ3v) is 2.36. The van der Waals surface area contributed by atoms with Gasteiger partial charge in [0.15, 0.2) is 0 Å². The molecule has 0 aliphatic carbocycles. The highest BCUT2D eigenvalue weighted by Gasteiger charge is 1.94. The molecule has 0 heterocycles. The number of nitrogens with zero attached hydrogens (tertiary/aromatic N) is 1. The van der Waals surface area contributed by atoms with Crippen LogP contribution in [0.2, 0.25) is 0 Å². The Bertz CT molecular complexity index is 90.4. The monoisotopic (exact) mass is 191 g/mol. The topological polar surface area (TPSA) is 27.3 Å². The standard InChI is InChI=1S/C8H21N3S/c1-4-6-11(3)8-12-7-10-9-5-2/h9-10H,4-8H2,1-3H3. The van der Waals surface area contributed by atoms with E-state index in [4.69, 9.17) is 0 Å². The van der Waals surface area contributed by atoms with E-state index in [-0.39, 0.29) is 0 Å². The molecule has 0 amide bonds. The van der Waals surface area contributed by atoms with Crippen LogP contribution in [0.4, 0.5) is 0 Å². The number of hydrogen-bond donors (Lipinski definition) is 2. The van der Waals surface area contributed by atoms with E-state index in [1.54, 1.807) is 0 Å². The summed E-state index contributed by atoms with van der Waals surface area (Å²) >= 11 is 1.89. The molecule has 0 aliphatic rings. The van der Waals surface area contributed by atoms with Gasteiger partial charge < -0.3 is 0 Å². The first-order chi connectivity index (χ1) is 5.81. The number of thioether (sulfide) groups is 1. The van der Waals surface area contributed by atoms with E-state index in [2.05, 4.69) is 36.6 Å². The molecule has 0 radical (unpaired) electrons. The van der Waals surface area contributed by atoms with E-state index >= 15 is 0 Å². The van der Waals surface area contributed by atoms with Crippen LogP contribution in [0.15, 0.2) is 0 Å². The first kappa shape index (κ1) is 12.2. The van der Waals surface area contributed by atoms with Gasteiger partial charge in [0.05, 0.1) is 5.88 Å². The summed E-state index contributed by atoms with van der Waals surface area (Å²) < 4.78 is 0. The van der Waals surface area contributed by atoms with Crippen molar-refractivity contribution in [2.75, 3.05) is 31.9 Å². The van der Waals surface area contributed by atoms with Gasteiger partial charge >= 0.3 is 0 Å². The van der Waals surface area contributed by atoms with Crippen molar-refractivity contribution in [2.24, 2.45) is 0 Å². The maximum atomic E-state index is 3.12. The van der Waals surface area contributed by atoms with E-state index in [1.807, 2.05) is 11.8 Å². The summed E-state index contributed by atoms with van der Waals surface area (Å²) in [4.78, 5) is 2.33. The van der Waals surface area contributed by atoms with Crippen LogP contribution >= 0.6 is 11.8 Å².